The van der Waals surface area contributed by atoms with E-state index in [0.717, 1.165) is 23.6 Å². The summed E-state index contributed by atoms with van der Waals surface area (Å²) in [7, 11) is 3.92. The van der Waals surface area contributed by atoms with Crippen molar-refractivity contribution in [3.8, 4) is 17.2 Å². The number of hydrogen-bond donors (Lipinski definition) is 0. The van der Waals surface area contributed by atoms with Gasteiger partial charge in [0.05, 0.1) is 26.2 Å². The minimum absolute atomic E-state index is 0.145. The zero-order chi connectivity index (χ0) is 25.2. The van der Waals surface area contributed by atoms with Crippen molar-refractivity contribution >= 4 is 26.3 Å². The third kappa shape index (κ3) is 5.12. The van der Waals surface area contributed by atoms with E-state index in [4.69, 9.17) is 14.2 Å². The van der Waals surface area contributed by atoms with Crippen LogP contribution in [-0.2, 0) is 29.3 Å². The Kier molecular flexibility index (Phi) is 7.29. The van der Waals surface area contributed by atoms with Crippen molar-refractivity contribution in [2.45, 2.75) is 24.2 Å². The van der Waals surface area contributed by atoms with Gasteiger partial charge in [-0.25, -0.2) is 12.7 Å². The molecule has 2 aromatic carbocycles. The molecule has 0 amide bonds. The number of benzene rings is 2. The van der Waals surface area contributed by atoms with Crippen molar-refractivity contribution in [1.82, 2.24) is 18.9 Å². The van der Waals surface area contributed by atoms with Crippen LogP contribution in [0.3, 0.4) is 0 Å². The average Bonchev–Trinajstić information content (AvgIpc) is 3.43. The first-order valence-electron chi connectivity index (χ1n) is 10.9. The molecule has 9 nitrogen and oxygen atoms in total. The zero-order valence-corrected chi connectivity index (χ0v) is 21.9. The number of aromatic nitrogens is 3. The lowest BCUT2D eigenvalue weighted by Crippen LogP contribution is -2.23. The lowest BCUT2D eigenvalue weighted by atomic mass is 10.1. The summed E-state index contributed by atoms with van der Waals surface area (Å²) >= 11 is 1.58. The molecular weight excluding hydrogens is 488 g/mol. The van der Waals surface area contributed by atoms with Gasteiger partial charge in [-0.1, -0.05) is 23.5 Å². The second-order valence-corrected chi connectivity index (χ2v) is 11.3. The molecule has 0 atom stereocenters. The highest BCUT2D eigenvalue weighted by Gasteiger charge is 2.25. The molecule has 35 heavy (non-hydrogen) atoms. The van der Waals surface area contributed by atoms with Gasteiger partial charge in [0.2, 0.25) is 15.0 Å². The van der Waals surface area contributed by atoms with Gasteiger partial charge >= 0.3 is 0 Å². The Hall–Kier alpha value is -3.15. The fourth-order valence-corrected chi connectivity index (χ4v) is 5.78. The first-order valence-corrected chi connectivity index (χ1v) is 13.1. The highest BCUT2D eigenvalue weighted by Crippen LogP contribution is 2.35. The molecule has 0 radical (unpaired) electrons. The maximum atomic E-state index is 13.1. The Morgan fingerprint density at radius 3 is 2.26 bits per heavy atom. The smallest absolute Gasteiger partial charge is 0.242 e. The van der Waals surface area contributed by atoms with Crippen molar-refractivity contribution in [3.05, 3.63) is 64.4 Å². The molecule has 0 bridgehead atoms. The van der Waals surface area contributed by atoms with Crippen LogP contribution in [0.25, 0.3) is 4.96 Å². The second kappa shape index (κ2) is 10.2. The Balaban J connectivity index is 1.63. The molecule has 0 aliphatic rings. The van der Waals surface area contributed by atoms with Crippen molar-refractivity contribution in [2.24, 2.45) is 0 Å². The van der Waals surface area contributed by atoms with Crippen LogP contribution >= 0.6 is 11.3 Å². The van der Waals surface area contributed by atoms with Crippen LogP contribution in [0.1, 0.15) is 21.8 Å². The normalized spacial score (nSPS) is 11.8. The number of hydrogen-bond acceptors (Lipinski definition) is 8. The van der Waals surface area contributed by atoms with Gasteiger partial charge in [0.1, 0.15) is 11.6 Å². The molecule has 11 heteroatoms. The summed E-state index contributed by atoms with van der Waals surface area (Å²) in [5.74, 6) is 2.28. The first-order chi connectivity index (χ1) is 16.8. The summed E-state index contributed by atoms with van der Waals surface area (Å²) in [6.07, 6.45) is 4.03. The summed E-state index contributed by atoms with van der Waals surface area (Å²) in [6.45, 7) is 0. The Morgan fingerprint density at radius 2 is 1.63 bits per heavy atom. The minimum atomic E-state index is -3.73. The number of rotatable bonds is 10. The lowest BCUT2D eigenvalue weighted by molar-refractivity contribution is 0.353. The predicted molar refractivity (Wildman–Crippen MR) is 134 cm³/mol. The summed E-state index contributed by atoms with van der Waals surface area (Å²) in [6, 6.07) is 11.2. The monoisotopic (exact) mass is 516 g/mol. The molecule has 0 aliphatic heterocycles. The van der Waals surface area contributed by atoms with E-state index in [-0.39, 0.29) is 11.3 Å². The molecule has 0 fully saturated rings. The SMILES string of the molecule is COc1ccc(CCc2cn3c(Cc4cc(OC)c(OC)cc4S(=O)(=O)N(C)C)nnc3s2)cc1. The molecule has 0 unspecified atom stereocenters. The second-order valence-electron chi connectivity index (χ2n) is 8.09. The molecule has 0 spiro atoms. The summed E-state index contributed by atoms with van der Waals surface area (Å²) < 4.78 is 45.2. The predicted octanol–water partition coefficient (Wildman–Crippen LogP) is 3.44. The molecule has 4 aromatic rings. The molecule has 0 aliphatic carbocycles. The van der Waals surface area contributed by atoms with Crippen molar-refractivity contribution in [1.29, 1.82) is 0 Å². The number of methoxy groups -OCH3 is 3. The van der Waals surface area contributed by atoms with Crippen LogP contribution in [0.2, 0.25) is 0 Å². The van der Waals surface area contributed by atoms with Gasteiger partial charge in [0, 0.05) is 37.7 Å². The van der Waals surface area contributed by atoms with Crippen LogP contribution in [0.15, 0.2) is 47.5 Å². The number of fused-ring (bicyclic) bond motifs is 1. The van der Waals surface area contributed by atoms with Crippen molar-refractivity contribution in [3.63, 3.8) is 0 Å². The number of aryl methyl sites for hydroxylation is 2. The van der Waals surface area contributed by atoms with E-state index in [1.807, 2.05) is 22.7 Å². The summed E-state index contributed by atoms with van der Waals surface area (Å²) in [5.41, 5.74) is 1.77. The van der Waals surface area contributed by atoms with E-state index in [2.05, 4.69) is 22.3 Å². The van der Waals surface area contributed by atoms with Crippen LogP contribution in [0.5, 0.6) is 17.2 Å². The van der Waals surface area contributed by atoms with Crippen LogP contribution in [-0.4, -0.2) is 62.7 Å². The fourth-order valence-electron chi connectivity index (χ4n) is 3.74. The third-order valence-corrected chi connectivity index (χ3v) is 8.65. The minimum Gasteiger partial charge on any atom is -0.497 e. The summed E-state index contributed by atoms with van der Waals surface area (Å²) in [5, 5.41) is 8.64. The molecule has 0 saturated heterocycles. The van der Waals surface area contributed by atoms with E-state index in [0.29, 0.717) is 22.9 Å². The van der Waals surface area contributed by atoms with Gasteiger partial charge in [-0.3, -0.25) is 4.40 Å². The number of ether oxygens (including phenoxy) is 3. The molecule has 0 saturated carbocycles. The van der Waals surface area contributed by atoms with Crippen LogP contribution in [0.4, 0.5) is 0 Å². The van der Waals surface area contributed by atoms with Gasteiger partial charge in [0.15, 0.2) is 11.5 Å². The number of thiazole rings is 1. The number of nitrogens with zero attached hydrogens (tertiary/aromatic N) is 4. The molecule has 186 valence electrons. The van der Waals surface area contributed by atoms with Crippen molar-refractivity contribution < 1.29 is 22.6 Å². The Labute approximate surface area is 208 Å². The molecule has 4 rings (SSSR count). The maximum absolute atomic E-state index is 13.1. The first kappa shape index (κ1) is 25.0. The molecule has 2 aromatic heterocycles. The Morgan fingerprint density at radius 1 is 0.943 bits per heavy atom. The van der Waals surface area contributed by atoms with Gasteiger partial charge < -0.3 is 14.2 Å². The van der Waals surface area contributed by atoms with E-state index in [1.54, 1.807) is 24.5 Å². The van der Waals surface area contributed by atoms with Gasteiger partial charge in [0.25, 0.3) is 0 Å². The summed E-state index contributed by atoms with van der Waals surface area (Å²) in [4.78, 5) is 2.08. The van der Waals surface area contributed by atoms with Gasteiger partial charge in [-0.15, -0.1) is 10.2 Å². The molecular formula is C24H28N4O5S2. The van der Waals surface area contributed by atoms with E-state index in [9.17, 15) is 8.42 Å². The quantitative estimate of drug-likeness (QED) is 0.319. The third-order valence-electron chi connectivity index (χ3n) is 5.72. The fraction of sp³-hybridized carbons (Fsp3) is 0.333. The molecule has 0 N–H and O–H groups in total. The largest absolute Gasteiger partial charge is 0.497 e. The van der Waals surface area contributed by atoms with Gasteiger partial charge in [-0.05, 0) is 42.2 Å². The highest BCUT2D eigenvalue weighted by molar-refractivity contribution is 7.89. The van der Waals surface area contributed by atoms with E-state index < -0.39 is 10.0 Å². The Bertz CT molecular complexity index is 1430. The number of sulfonamides is 1. The zero-order valence-electron chi connectivity index (χ0n) is 20.3. The standard InChI is InChI=1S/C24H28N4O5S2/c1-27(2)35(29,30)22-14-21(33-5)20(32-4)12-17(22)13-23-25-26-24-28(23)15-19(34-24)11-8-16-6-9-18(31-3)10-7-16/h6-7,9-10,12,14-15H,8,11,13H2,1-5H3. The molecule has 2 heterocycles. The average molecular weight is 517 g/mol. The van der Waals surface area contributed by atoms with Crippen LogP contribution in [0, 0.1) is 0 Å². The van der Waals surface area contributed by atoms with Gasteiger partial charge in [-0.2, -0.15) is 0 Å². The topological polar surface area (TPSA) is 95.3 Å². The van der Waals surface area contributed by atoms with Crippen LogP contribution < -0.4 is 14.2 Å². The van der Waals surface area contributed by atoms with E-state index >= 15 is 0 Å². The van der Waals surface area contributed by atoms with E-state index in [1.165, 1.54) is 49.1 Å². The highest BCUT2D eigenvalue weighted by atomic mass is 32.2. The van der Waals surface area contributed by atoms with Crippen molar-refractivity contribution in [2.75, 3.05) is 35.4 Å². The maximum Gasteiger partial charge on any atom is 0.242 e. The lowest BCUT2D eigenvalue weighted by Gasteiger charge is -2.17.